The van der Waals surface area contributed by atoms with E-state index in [0.29, 0.717) is 0 Å². The molecule has 118 valence electrons. The van der Waals surface area contributed by atoms with E-state index in [0.717, 1.165) is 44.2 Å². The van der Waals surface area contributed by atoms with Crippen molar-refractivity contribution in [2.45, 2.75) is 32.1 Å². The summed E-state index contributed by atoms with van der Waals surface area (Å²) in [5.74, 6) is 0.728. The molecule has 1 aliphatic rings. The second kappa shape index (κ2) is 10.7. The number of rotatable bonds is 5. The molecule has 0 amide bonds. The first kappa shape index (κ1) is 18.1. The van der Waals surface area contributed by atoms with Gasteiger partial charge in [0.1, 0.15) is 0 Å². The fraction of sp³-hybridized carbons (Fsp3) is 0.562. The Bertz CT molecular complexity index is 400. The molecule has 1 aromatic carbocycles. The smallest absolute Gasteiger partial charge is 0.191 e. The number of guanidine groups is 1. The number of nitrogens with two attached hydrogens (primary N) is 1. The standard InChI is InChI=1S/C16H26N4.HI/c17-16(20-13-6-1-2-7-14-20)19-12-8-11-18-15-9-4-3-5-10-15;/h3-5,9-10,18H,1-2,6-8,11-14H2,(H2,17,19);1H. The quantitative estimate of drug-likeness (QED) is 0.344. The van der Waals surface area contributed by atoms with Crippen LogP contribution in [0.3, 0.4) is 0 Å². The van der Waals surface area contributed by atoms with Crippen LogP contribution >= 0.6 is 24.0 Å². The lowest BCUT2D eigenvalue weighted by Gasteiger charge is -2.21. The Labute approximate surface area is 145 Å². The van der Waals surface area contributed by atoms with Crippen molar-refractivity contribution in [3.63, 3.8) is 0 Å². The van der Waals surface area contributed by atoms with E-state index in [1.807, 2.05) is 18.2 Å². The van der Waals surface area contributed by atoms with Crippen LogP contribution in [0.4, 0.5) is 5.69 Å². The Hall–Kier alpha value is -0.980. The van der Waals surface area contributed by atoms with Gasteiger partial charge in [0, 0.05) is 31.9 Å². The molecule has 1 heterocycles. The van der Waals surface area contributed by atoms with Crippen LogP contribution in [-0.4, -0.2) is 37.0 Å². The second-order valence-corrected chi connectivity index (χ2v) is 5.29. The molecule has 2 rings (SSSR count). The van der Waals surface area contributed by atoms with Crippen molar-refractivity contribution in [2.75, 3.05) is 31.5 Å². The molecule has 0 aromatic heterocycles. The number of anilines is 1. The van der Waals surface area contributed by atoms with E-state index in [9.17, 15) is 0 Å². The molecule has 0 bridgehead atoms. The molecule has 1 aromatic rings. The molecule has 4 nitrogen and oxygen atoms in total. The van der Waals surface area contributed by atoms with Crippen LogP contribution in [0.15, 0.2) is 35.3 Å². The van der Waals surface area contributed by atoms with Gasteiger partial charge in [-0.05, 0) is 31.4 Å². The number of para-hydroxylation sites is 1. The van der Waals surface area contributed by atoms with E-state index in [2.05, 4.69) is 27.3 Å². The number of likely N-dealkylation sites (tertiary alicyclic amines) is 1. The largest absolute Gasteiger partial charge is 0.385 e. The summed E-state index contributed by atoms with van der Waals surface area (Å²) in [5.41, 5.74) is 7.23. The van der Waals surface area contributed by atoms with Gasteiger partial charge in [-0.25, -0.2) is 0 Å². The zero-order valence-corrected chi connectivity index (χ0v) is 15.0. The predicted octanol–water partition coefficient (Wildman–Crippen LogP) is 3.30. The van der Waals surface area contributed by atoms with Gasteiger partial charge >= 0.3 is 0 Å². The van der Waals surface area contributed by atoms with Gasteiger partial charge in [-0.3, -0.25) is 4.99 Å². The molecule has 0 saturated carbocycles. The van der Waals surface area contributed by atoms with Crippen LogP contribution < -0.4 is 11.1 Å². The van der Waals surface area contributed by atoms with Crippen LogP contribution in [0, 0.1) is 0 Å². The van der Waals surface area contributed by atoms with Crippen molar-refractivity contribution in [1.29, 1.82) is 0 Å². The molecule has 3 N–H and O–H groups in total. The summed E-state index contributed by atoms with van der Waals surface area (Å²) in [4.78, 5) is 6.73. The van der Waals surface area contributed by atoms with E-state index in [4.69, 9.17) is 5.73 Å². The minimum Gasteiger partial charge on any atom is -0.385 e. The van der Waals surface area contributed by atoms with Gasteiger partial charge in [0.2, 0.25) is 0 Å². The SMILES string of the molecule is I.NC(=NCCCNc1ccccc1)N1CCCCCC1. The summed E-state index contributed by atoms with van der Waals surface area (Å²) in [7, 11) is 0. The molecule has 1 saturated heterocycles. The number of aliphatic imine (C=N–C) groups is 1. The Morgan fingerprint density at radius 3 is 2.43 bits per heavy atom. The monoisotopic (exact) mass is 402 g/mol. The lowest BCUT2D eigenvalue weighted by molar-refractivity contribution is 0.428. The topological polar surface area (TPSA) is 53.6 Å². The second-order valence-electron chi connectivity index (χ2n) is 5.29. The molecular formula is C16H27IN4. The highest BCUT2D eigenvalue weighted by Crippen LogP contribution is 2.09. The van der Waals surface area contributed by atoms with Gasteiger partial charge in [0.25, 0.3) is 0 Å². The van der Waals surface area contributed by atoms with Gasteiger partial charge in [0.05, 0.1) is 0 Å². The van der Waals surface area contributed by atoms with Crippen LogP contribution in [0.25, 0.3) is 0 Å². The highest BCUT2D eigenvalue weighted by Gasteiger charge is 2.10. The van der Waals surface area contributed by atoms with Crippen LogP contribution in [0.2, 0.25) is 0 Å². The Morgan fingerprint density at radius 2 is 1.76 bits per heavy atom. The van der Waals surface area contributed by atoms with Gasteiger partial charge in [-0.2, -0.15) is 0 Å². The van der Waals surface area contributed by atoms with Gasteiger partial charge in [-0.15, -0.1) is 24.0 Å². The highest BCUT2D eigenvalue weighted by molar-refractivity contribution is 14.0. The average molecular weight is 402 g/mol. The molecule has 1 aliphatic heterocycles. The summed E-state index contributed by atoms with van der Waals surface area (Å²) in [6.45, 7) is 3.86. The number of nitrogens with one attached hydrogen (secondary N) is 1. The highest BCUT2D eigenvalue weighted by atomic mass is 127. The van der Waals surface area contributed by atoms with E-state index < -0.39 is 0 Å². The van der Waals surface area contributed by atoms with Crippen molar-refractivity contribution in [3.05, 3.63) is 30.3 Å². The van der Waals surface area contributed by atoms with Crippen molar-refractivity contribution in [1.82, 2.24) is 4.90 Å². The fourth-order valence-electron chi connectivity index (χ4n) is 2.46. The maximum atomic E-state index is 6.07. The van der Waals surface area contributed by atoms with Crippen molar-refractivity contribution >= 4 is 35.6 Å². The maximum absolute atomic E-state index is 6.07. The number of benzene rings is 1. The van der Waals surface area contributed by atoms with Crippen molar-refractivity contribution in [2.24, 2.45) is 10.7 Å². The number of hydrogen-bond acceptors (Lipinski definition) is 2. The normalized spacial score (nSPS) is 16.0. The molecule has 21 heavy (non-hydrogen) atoms. The van der Waals surface area contributed by atoms with Gasteiger partial charge in [0.15, 0.2) is 5.96 Å². The molecule has 5 heteroatoms. The van der Waals surface area contributed by atoms with Gasteiger partial charge < -0.3 is 16.0 Å². The first-order chi connectivity index (χ1) is 9.86. The Balaban J connectivity index is 0.00000220. The van der Waals surface area contributed by atoms with Crippen LogP contribution in [0.5, 0.6) is 0 Å². The third-order valence-corrected chi connectivity index (χ3v) is 3.64. The molecule has 0 aliphatic carbocycles. The van der Waals surface area contributed by atoms with Crippen molar-refractivity contribution < 1.29 is 0 Å². The lowest BCUT2D eigenvalue weighted by atomic mass is 10.2. The summed E-state index contributed by atoms with van der Waals surface area (Å²) < 4.78 is 0. The zero-order valence-electron chi connectivity index (χ0n) is 12.6. The molecule has 1 fully saturated rings. The van der Waals surface area contributed by atoms with Crippen molar-refractivity contribution in [3.8, 4) is 0 Å². The lowest BCUT2D eigenvalue weighted by Crippen LogP contribution is -2.38. The summed E-state index contributed by atoms with van der Waals surface area (Å²) in [6, 6.07) is 10.3. The van der Waals surface area contributed by atoms with E-state index in [1.54, 1.807) is 0 Å². The predicted molar refractivity (Wildman–Crippen MR) is 101 cm³/mol. The third-order valence-electron chi connectivity index (χ3n) is 3.64. The first-order valence-corrected chi connectivity index (χ1v) is 7.70. The third kappa shape index (κ3) is 7.02. The minimum absolute atomic E-state index is 0. The van der Waals surface area contributed by atoms with E-state index >= 15 is 0 Å². The zero-order chi connectivity index (χ0) is 14.0. The Kier molecular flexibility index (Phi) is 9.21. The minimum atomic E-state index is 0. The average Bonchev–Trinajstić information content (AvgIpc) is 2.77. The molecule has 0 atom stereocenters. The number of hydrogen-bond donors (Lipinski definition) is 2. The summed E-state index contributed by atoms with van der Waals surface area (Å²) >= 11 is 0. The number of nitrogens with zero attached hydrogens (tertiary/aromatic N) is 2. The van der Waals surface area contributed by atoms with E-state index in [1.165, 1.54) is 25.7 Å². The number of halogens is 1. The maximum Gasteiger partial charge on any atom is 0.191 e. The molecule has 0 radical (unpaired) electrons. The van der Waals surface area contributed by atoms with Crippen LogP contribution in [-0.2, 0) is 0 Å². The van der Waals surface area contributed by atoms with E-state index in [-0.39, 0.29) is 24.0 Å². The summed E-state index contributed by atoms with van der Waals surface area (Å²) in [6.07, 6.45) is 6.14. The Morgan fingerprint density at radius 1 is 1.10 bits per heavy atom. The first-order valence-electron chi connectivity index (χ1n) is 7.70. The molecule has 0 spiro atoms. The summed E-state index contributed by atoms with van der Waals surface area (Å²) in [5, 5.41) is 3.38. The van der Waals surface area contributed by atoms with Gasteiger partial charge in [-0.1, -0.05) is 31.0 Å². The molecular weight excluding hydrogens is 375 g/mol. The molecule has 0 unspecified atom stereocenters. The fourth-order valence-corrected chi connectivity index (χ4v) is 2.46. The van der Waals surface area contributed by atoms with Crippen LogP contribution in [0.1, 0.15) is 32.1 Å².